The smallest absolute Gasteiger partial charge is 0.234 e. The molecule has 2 amide bonds. The molecule has 9 heteroatoms. The van der Waals surface area contributed by atoms with Gasteiger partial charge in [0, 0.05) is 45.2 Å². The van der Waals surface area contributed by atoms with Gasteiger partial charge in [-0.15, -0.1) is 0 Å². The number of piperazine rings is 1. The van der Waals surface area contributed by atoms with E-state index in [2.05, 4.69) is 10.2 Å². The topological polar surface area (TPSA) is 76.1 Å². The van der Waals surface area contributed by atoms with Crippen LogP contribution < -0.4 is 10.2 Å². The number of para-hydroxylation sites is 2. The molecule has 7 nitrogen and oxygen atoms in total. The van der Waals surface area contributed by atoms with Crippen molar-refractivity contribution in [3.05, 3.63) is 24.3 Å². The predicted molar refractivity (Wildman–Crippen MR) is 120 cm³/mol. The first kappa shape index (κ1) is 21.8. The number of carbonyl (C=O) groups is 2. The van der Waals surface area contributed by atoms with Gasteiger partial charge in [-0.1, -0.05) is 12.1 Å². The van der Waals surface area contributed by atoms with E-state index in [4.69, 9.17) is 12.2 Å². The van der Waals surface area contributed by atoms with Crippen LogP contribution in [0.15, 0.2) is 24.3 Å². The van der Waals surface area contributed by atoms with Crippen molar-refractivity contribution in [2.24, 2.45) is 5.92 Å². The predicted octanol–water partition coefficient (Wildman–Crippen LogP) is 2.04. The fraction of sp³-hybridized carbons (Fsp3) is 0.591. The van der Waals surface area contributed by atoms with Gasteiger partial charge in [-0.3, -0.25) is 14.5 Å². The number of aromatic hydroxyl groups is 1. The molecule has 1 aliphatic carbocycles. The van der Waals surface area contributed by atoms with Crippen LogP contribution in [0.5, 0.6) is 5.75 Å². The first-order chi connectivity index (χ1) is 14.9. The number of hydrogen-bond donors (Lipinski definition) is 2. The molecule has 31 heavy (non-hydrogen) atoms. The number of rotatable bonds is 5. The first-order valence-electron chi connectivity index (χ1n) is 11.0. The zero-order chi connectivity index (χ0) is 22.0. The van der Waals surface area contributed by atoms with Crippen LogP contribution in [0.2, 0.25) is 0 Å². The van der Waals surface area contributed by atoms with Crippen molar-refractivity contribution in [2.45, 2.75) is 44.3 Å². The van der Waals surface area contributed by atoms with Gasteiger partial charge in [0.25, 0.3) is 0 Å². The Labute approximate surface area is 187 Å². The van der Waals surface area contributed by atoms with Crippen molar-refractivity contribution >= 4 is 34.8 Å². The van der Waals surface area contributed by atoms with Gasteiger partial charge in [0.15, 0.2) is 5.11 Å². The Kier molecular flexibility index (Phi) is 6.60. The Hall–Kier alpha value is -2.42. The molecule has 3 unspecified atom stereocenters. The van der Waals surface area contributed by atoms with Gasteiger partial charge < -0.3 is 20.2 Å². The summed E-state index contributed by atoms with van der Waals surface area (Å²) in [5, 5.41) is 13.6. The van der Waals surface area contributed by atoms with Crippen LogP contribution in [0.25, 0.3) is 0 Å². The van der Waals surface area contributed by atoms with E-state index in [1.165, 1.54) is 4.90 Å². The van der Waals surface area contributed by atoms with E-state index in [0.717, 1.165) is 5.69 Å². The zero-order valence-electron chi connectivity index (χ0n) is 17.5. The minimum Gasteiger partial charge on any atom is -0.506 e. The number of amides is 2. The van der Waals surface area contributed by atoms with Gasteiger partial charge >= 0.3 is 0 Å². The number of benzene rings is 1. The maximum atomic E-state index is 13.8. The third kappa shape index (κ3) is 4.76. The van der Waals surface area contributed by atoms with E-state index in [1.807, 2.05) is 17.0 Å². The third-order valence-electron chi connectivity index (χ3n) is 6.55. The Balaban J connectivity index is 1.24. The molecule has 1 aromatic rings. The summed E-state index contributed by atoms with van der Waals surface area (Å²) in [5.41, 5.74) is 0.788. The molecule has 2 saturated heterocycles. The van der Waals surface area contributed by atoms with E-state index < -0.39 is 6.17 Å². The average Bonchev–Trinajstić information content (AvgIpc) is 2.77. The van der Waals surface area contributed by atoms with Crippen LogP contribution in [-0.2, 0) is 9.59 Å². The Morgan fingerprint density at radius 2 is 1.94 bits per heavy atom. The van der Waals surface area contributed by atoms with Gasteiger partial charge in [0.2, 0.25) is 11.8 Å². The number of thiocarbonyl (C=S) groups is 1. The minimum atomic E-state index is -0.932. The Bertz CT molecular complexity index is 846. The van der Waals surface area contributed by atoms with Crippen molar-refractivity contribution in [1.82, 2.24) is 15.1 Å². The molecule has 1 aromatic carbocycles. The number of nitrogens with one attached hydrogen (secondary N) is 1. The zero-order valence-corrected chi connectivity index (χ0v) is 18.3. The van der Waals surface area contributed by atoms with Gasteiger partial charge in [-0.05, 0) is 50.0 Å². The molecule has 2 N–H and O–H groups in total. The monoisotopic (exact) mass is 448 g/mol. The fourth-order valence-corrected chi connectivity index (χ4v) is 5.12. The minimum absolute atomic E-state index is 0.0552. The summed E-state index contributed by atoms with van der Waals surface area (Å²) in [4.78, 5) is 30.9. The lowest BCUT2D eigenvalue weighted by molar-refractivity contribution is -0.137. The Morgan fingerprint density at radius 1 is 1.19 bits per heavy atom. The van der Waals surface area contributed by atoms with Gasteiger partial charge in [0.05, 0.1) is 11.6 Å². The van der Waals surface area contributed by atoms with Crippen LogP contribution in [0.1, 0.15) is 32.1 Å². The van der Waals surface area contributed by atoms with Crippen LogP contribution in [0.4, 0.5) is 10.1 Å². The molecule has 1 saturated carbocycles. The molecule has 0 spiro atoms. The number of fused-ring (bicyclic) bond motifs is 1. The second-order valence-electron chi connectivity index (χ2n) is 8.52. The van der Waals surface area contributed by atoms with E-state index in [1.54, 1.807) is 12.1 Å². The quantitative estimate of drug-likeness (QED) is 0.672. The number of nitrogens with zero attached hydrogens (tertiary/aromatic N) is 3. The lowest BCUT2D eigenvalue weighted by Crippen LogP contribution is -2.61. The highest BCUT2D eigenvalue weighted by Gasteiger charge is 2.42. The van der Waals surface area contributed by atoms with Crippen molar-refractivity contribution < 1.29 is 19.1 Å². The molecule has 0 radical (unpaired) electrons. The highest BCUT2D eigenvalue weighted by molar-refractivity contribution is 7.80. The van der Waals surface area contributed by atoms with Gasteiger partial charge in [-0.2, -0.15) is 0 Å². The normalized spacial score (nSPS) is 26.5. The van der Waals surface area contributed by atoms with E-state index in [-0.39, 0.29) is 35.9 Å². The molecule has 3 atom stereocenters. The molecular formula is C22H29FN4O3S. The molecule has 0 aromatic heterocycles. The second kappa shape index (κ2) is 9.38. The third-order valence-corrected chi connectivity index (χ3v) is 6.89. The molecular weight excluding hydrogens is 419 g/mol. The van der Waals surface area contributed by atoms with E-state index in [9.17, 15) is 19.1 Å². The highest BCUT2D eigenvalue weighted by atomic mass is 32.1. The second-order valence-corrected chi connectivity index (χ2v) is 8.91. The van der Waals surface area contributed by atoms with Crippen LogP contribution in [0.3, 0.4) is 0 Å². The molecule has 168 valence electrons. The summed E-state index contributed by atoms with van der Waals surface area (Å²) in [5.74, 6) is -0.176. The molecule has 4 rings (SSSR count). The number of anilines is 1. The van der Waals surface area contributed by atoms with Crippen LogP contribution in [0, 0.1) is 5.92 Å². The molecule has 2 heterocycles. The maximum absolute atomic E-state index is 13.8. The fourth-order valence-electron chi connectivity index (χ4n) is 4.79. The standard InChI is InChI=1S/C22H29FN4O3S/c23-15-7-8-17-16(14-15)21(30)27(22(31)24-17)9-3-6-20(29)26-12-10-25(11-13-26)18-4-1-2-5-19(18)28/h1-2,4-5,15-17,28H,3,6-14H2,(H,24,31). The number of halogens is 1. The summed E-state index contributed by atoms with van der Waals surface area (Å²) in [6.07, 6.45) is 1.26. The van der Waals surface area contributed by atoms with Crippen molar-refractivity contribution in [1.29, 1.82) is 0 Å². The van der Waals surface area contributed by atoms with Crippen LogP contribution in [-0.4, -0.2) is 76.8 Å². The van der Waals surface area contributed by atoms with Crippen molar-refractivity contribution in [3.8, 4) is 5.75 Å². The Morgan fingerprint density at radius 3 is 2.68 bits per heavy atom. The largest absolute Gasteiger partial charge is 0.506 e. The summed E-state index contributed by atoms with van der Waals surface area (Å²) >= 11 is 5.36. The SMILES string of the molecule is O=C(CCCN1C(=O)C2CC(F)CCC2NC1=S)N1CCN(c2ccccc2O)CC1. The molecule has 3 fully saturated rings. The van der Waals surface area contributed by atoms with Crippen LogP contribution >= 0.6 is 12.2 Å². The molecule has 3 aliphatic rings. The number of phenolic OH excluding ortho intramolecular Hbond substituents is 1. The van der Waals surface area contributed by atoms with E-state index in [0.29, 0.717) is 63.5 Å². The summed E-state index contributed by atoms with van der Waals surface area (Å²) in [7, 11) is 0. The molecule has 0 bridgehead atoms. The number of phenols is 1. The lowest BCUT2D eigenvalue weighted by atomic mass is 9.81. The average molecular weight is 449 g/mol. The highest BCUT2D eigenvalue weighted by Crippen LogP contribution is 2.31. The maximum Gasteiger partial charge on any atom is 0.234 e. The van der Waals surface area contributed by atoms with Gasteiger partial charge in [-0.25, -0.2) is 4.39 Å². The summed E-state index contributed by atoms with van der Waals surface area (Å²) in [6.45, 7) is 2.88. The summed E-state index contributed by atoms with van der Waals surface area (Å²) in [6, 6.07) is 7.15. The number of hydrogen-bond acceptors (Lipinski definition) is 5. The first-order valence-corrected chi connectivity index (χ1v) is 11.4. The van der Waals surface area contributed by atoms with Crippen molar-refractivity contribution in [3.63, 3.8) is 0 Å². The number of alkyl halides is 1. The van der Waals surface area contributed by atoms with Crippen molar-refractivity contribution in [2.75, 3.05) is 37.6 Å². The lowest BCUT2D eigenvalue weighted by Gasteiger charge is -2.42. The van der Waals surface area contributed by atoms with Gasteiger partial charge in [0.1, 0.15) is 11.9 Å². The summed E-state index contributed by atoms with van der Waals surface area (Å²) < 4.78 is 13.8. The van der Waals surface area contributed by atoms with E-state index >= 15 is 0 Å². The number of carbonyl (C=O) groups excluding carboxylic acids is 2. The molecule has 2 aliphatic heterocycles.